The quantitative estimate of drug-likeness (QED) is 0.285. The van der Waals surface area contributed by atoms with E-state index in [1.807, 2.05) is 0 Å². The van der Waals surface area contributed by atoms with Crippen molar-refractivity contribution in [2.45, 2.75) is 96.5 Å². The van der Waals surface area contributed by atoms with Crippen molar-refractivity contribution >= 4 is 11.2 Å². The molecule has 1 unspecified atom stereocenters. The second-order valence-corrected chi connectivity index (χ2v) is 8.63. The fourth-order valence-electron chi connectivity index (χ4n) is 3.87. The third kappa shape index (κ3) is 8.99. The van der Waals surface area contributed by atoms with Crippen molar-refractivity contribution in [1.29, 1.82) is 0 Å². The van der Waals surface area contributed by atoms with Gasteiger partial charge in [-0.3, -0.25) is 14.3 Å². The summed E-state index contributed by atoms with van der Waals surface area (Å²) in [7, 11) is 1.60. The van der Waals surface area contributed by atoms with Crippen LogP contribution in [0.1, 0.15) is 89.8 Å². The van der Waals surface area contributed by atoms with Gasteiger partial charge in [0.15, 0.2) is 5.65 Å². The third-order valence-electron chi connectivity index (χ3n) is 5.84. The molecular formula is C23H41N5O3. The summed E-state index contributed by atoms with van der Waals surface area (Å²) in [6.07, 6.45) is 14.5. The number of aromatic nitrogens is 4. The molecule has 2 heterocycles. The molecule has 0 saturated heterocycles. The molecule has 0 spiro atoms. The number of aryl methyl sites for hydroxylation is 2. The first-order valence-corrected chi connectivity index (χ1v) is 12.1. The van der Waals surface area contributed by atoms with Crippen molar-refractivity contribution in [3.8, 4) is 0 Å². The van der Waals surface area contributed by atoms with Crippen LogP contribution in [0.5, 0.6) is 0 Å². The molecule has 0 aliphatic carbocycles. The van der Waals surface area contributed by atoms with Crippen LogP contribution in [0.3, 0.4) is 0 Å². The van der Waals surface area contributed by atoms with Gasteiger partial charge in [0.2, 0.25) is 0 Å². The predicted octanol–water partition coefficient (Wildman–Crippen LogP) is 3.14. The van der Waals surface area contributed by atoms with E-state index in [-0.39, 0.29) is 6.10 Å². The van der Waals surface area contributed by atoms with Gasteiger partial charge in [-0.05, 0) is 25.8 Å². The summed E-state index contributed by atoms with van der Waals surface area (Å²) >= 11 is 0. The maximum Gasteiger partial charge on any atom is 0.329 e. The van der Waals surface area contributed by atoms with E-state index in [0.717, 1.165) is 57.3 Å². The van der Waals surface area contributed by atoms with Crippen LogP contribution in [-0.4, -0.2) is 43.8 Å². The Morgan fingerprint density at radius 3 is 2.42 bits per heavy atom. The minimum Gasteiger partial charge on any atom is -0.392 e. The normalized spacial score (nSPS) is 12.6. The lowest BCUT2D eigenvalue weighted by Crippen LogP contribution is -2.28. The molecule has 2 aromatic rings. The third-order valence-corrected chi connectivity index (χ3v) is 5.84. The number of hydrogen-bond donors (Lipinski definition) is 4. The molecule has 4 N–H and O–H groups in total. The zero-order valence-electron chi connectivity index (χ0n) is 19.3. The van der Waals surface area contributed by atoms with Gasteiger partial charge in [0, 0.05) is 20.0 Å². The Hall–Kier alpha value is -1.93. The first-order chi connectivity index (χ1) is 15.0. The summed E-state index contributed by atoms with van der Waals surface area (Å²) in [6, 6.07) is 0. The van der Waals surface area contributed by atoms with Crippen LogP contribution in [0.2, 0.25) is 0 Å². The van der Waals surface area contributed by atoms with E-state index >= 15 is 0 Å². The van der Waals surface area contributed by atoms with Crippen molar-refractivity contribution in [3.05, 3.63) is 26.7 Å². The Kier molecular flexibility index (Phi) is 11.6. The summed E-state index contributed by atoms with van der Waals surface area (Å²) in [5.41, 5.74) is -0.105. The standard InChI is InChI=1S/C23H41N5O3/c1-3-4-5-6-10-13-16-24-17-18(29)14-11-8-7-9-12-15-19-25-20-21(26-19)28(2)23(31)27-22(20)30/h18,24,29H,3-17H2,1-2H3,(H,25,26)(H,27,30,31). The summed E-state index contributed by atoms with van der Waals surface area (Å²) in [4.78, 5) is 33.2. The minimum atomic E-state index is -0.449. The van der Waals surface area contributed by atoms with Gasteiger partial charge in [-0.25, -0.2) is 9.78 Å². The number of aliphatic hydroxyl groups is 1. The second kappa shape index (κ2) is 14.2. The molecule has 0 fully saturated rings. The molecule has 2 rings (SSSR count). The molecule has 31 heavy (non-hydrogen) atoms. The maximum atomic E-state index is 11.9. The zero-order valence-corrected chi connectivity index (χ0v) is 19.3. The van der Waals surface area contributed by atoms with Crippen LogP contribution in [0, 0.1) is 0 Å². The average molecular weight is 436 g/mol. The molecule has 0 amide bonds. The Balaban J connectivity index is 1.49. The Bertz CT molecular complexity index is 870. The number of hydrogen-bond acceptors (Lipinski definition) is 5. The Labute approximate surface area is 184 Å². The largest absolute Gasteiger partial charge is 0.392 e. The molecule has 0 bridgehead atoms. The first kappa shape index (κ1) is 25.3. The second-order valence-electron chi connectivity index (χ2n) is 8.63. The molecule has 1 atom stereocenters. The highest BCUT2D eigenvalue weighted by Crippen LogP contribution is 2.11. The number of aromatic amines is 2. The maximum absolute atomic E-state index is 11.9. The number of imidazole rings is 1. The number of H-pyrrole nitrogens is 2. The molecule has 2 aromatic heterocycles. The molecule has 0 saturated carbocycles. The highest BCUT2D eigenvalue weighted by atomic mass is 16.3. The van der Waals surface area contributed by atoms with E-state index in [2.05, 4.69) is 27.2 Å². The van der Waals surface area contributed by atoms with Gasteiger partial charge >= 0.3 is 5.69 Å². The van der Waals surface area contributed by atoms with Crippen molar-refractivity contribution in [3.63, 3.8) is 0 Å². The van der Waals surface area contributed by atoms with Gasteiger partial charge in [0.05, 0.1) is 6.10 Å². The van der Waals surface area contributed by atoms with E-state index in [4.69, 9.17) is 0 Å². The van der Waals surface area contributed by atoms with Crippen LogP contribution >= 0.6 is 0 Å². The number of aliphatic hydroxyl groups excluding tert-OH is 1. The van der Waals surface area contributed by atoms with E-state index < -0.39 is 11.2 Å². The summed E-state index contributed by atoms with van der Waals surface area (Å²) in [6.45, 7) is 3.94. The molecule has 0 aromatic carbocycles. The van der Waals surface area contributed by atoms with Crippen molar-refractivity contribution in [2.24, 2.45) is 7.05 Å². The smallest absolute Gasteiger partial charge is 0.329 e. The molecule has 176 valence electrons. The van der Waals surface area contributed by atoms with Crippen molar-refractivity contribution in [2.75, 3.05) is 13.1 Å². The van der Waals surface area contributed by atoms with Crippen LogP contribution < -0.4 is 16.6 Å². The Morgan fingerprint density at radius 1 is 0.968 bits per heavy atom. The predicted molar refractivity (Wildman–Crippen MR) is 126 cm³/mol. The molecule has 0 radical (unpaired) electrons. The highest BCUT2D eigenvalue weighted by molar-refractivity contribution is 5.69. The average Bonchev–Trinajstić information content (AvgIpc) is 3.18. The zero-order chi connectivity index (χ0) is 22.5. The molecular weight excluding hydrogens is 394 g/mol. The van der Waals surface area contributed by atoms with Gasteiger partial charge in [-0.2, -0.15) is 0 Å². The summed E-state index contributed by atoms with van der Waals surface area (Å²) in [5, 5.41) is 13.5. The molecule has 0 aliphatic heterocycles. The van der Waals surface area contributed by atoms with Crippen LogP contribution in [-0.2, 0) is 13.5 Å². The van der Waals surface area contributed by atoms with E-state index in [1.54, 1.807) is 7.05 Å². The molecule has 8 heteroatoms. The van der Waals surface area contributed by atoms with Crippen molar-refractivity contribution in [1.82, 2.24) is 24.8 Å². The Morgan fingerprint density at radius 2 is 1.65 bits per heavy atom. The van der Waals surface area contributed by atoms with E-state index in [1.165, 1.54) is 43.1 Å². The fourth-order valence-corrected chi connectivity index (χ4v) is 3.87. The monoisotopic (exact) mass is 435 g/mol. The van der Waals surface area contributed by atoms with Gasteiger partial charge in [0.25, 0.3) is 5.56 Å². The number of rotatable bonds is 17. The lowest BCUT2D eigenvalue weighted by Gasteiger charge is -2.11. The van der Waals surface area contributed by atoms with E-state index in [0.29, 0.717) is 17.7 Å². The van der Waals surface area contributed by atoms with Gasteiger partial charge in [-0.15, -0.1) is 0 Å². The number of fused-ring (bicyclic) bond motifs is 1. The van der Waals surface area contributed by atoms with Crippen LogP contribution in [0.4, 0.5) is 0 Å². The summed E-state index contributed by atoms with van der Waals surface area (Å²) < 4.78 is 1.35. The van der Waals surface area contributed by atoms with Crippen molar-refractivity contribution < 1.29 is 5.11 Å². The lowest BCUT2D eigenvalue weighted by molar-refractivity contribution is 0.158. The highest BCUT2D eigenvalue weighted by Gasteiger charge is 2.10. The first-order valence-electron chi connectivity index (χ1n) is 12.1. The number of nitrogens with one attached hydrogen (secondary N) is 3. The van der Waals surface area contributed by atoms with Crippen LogP contribution in [0.25, 0.3) is 11.2 Å². The van der Waals surface area contributed by atoms with E-state index in [9.17, 15) is 14.7 Å². The number of nitrogens with zero attached hydrogens (tertiary/aromatic N) is 2. The van der Waals surface area contributed by atoms with Gasteiger partial charge < -0.3 is 15.4 Å². The van der Waals surface area contributed by atoms with Gasteiger partial charge in [0.1, 0.15) is 11.3 Å². The summed E-state index contributed by atoms with van der Waals surface area (Å²) in [5.74, 6) is 0.744. The van der Waals surface area contributed by atoms with Gasteiger partial charge in [-0.1, -0.05) is 64.7 Å². The number of unbranched alkanes of at least 4 members (excludes halogenated alkanes) is 9. The minimum absolute atomic E-state index is 0.250. The lowest BCUT2D eigenvalue weighted by atomic mass is 10.1. The molecule has 0 aliphatic rings. The fraction of sp³-hybridized carbons (Fsp3) is 0.783. The topological polar surface area (TPSA) is 116 Å². The van der Waals surface area contributed by atoms with Crippen LogP contribution in [0.15, 0.2) is 9.59 Å². The molecule has 8 nitrogen and oxygen atoms in total. The SMILES string of the molecule is CCCCCCCCNCC(O)CCCCCCCc1nc2c([nH]1)c(=O)[nH]c(=O)n2C.